The highest BCUT2D eigenvalue weighted by molar-refractivity contribution is 6.34. The van der Waals surface area contributed by atoms with Crippen LogP contribution in [0.15, 0.2) is 48.5 Å². The van der Waals surface area contributed by atoms with Crippen LogP contribution in [0.5, 0.6) is 0 Å². The van der Waals surface area contributed by atoms with Crippen molar-refractivity contribution in [1.82, 2.24) is 15.5 Å². The summed E-state index contributed by atoms with van der Waals surface area (Å²) in [7, 11) is 0. The van der Waals surface area contributed by atoms with Gasteiger partial charge in [0.2, 0.25) is 5.91 Å². The zero-order chi connectivity index (χ0) is 23.8. The molecule has 0 bridgehead atoms. The molecule has 1 saturated carbocycles. The average Bonchev–Trinajstić information content (AvgIpc) is 3.29. The molecule has 4 amide bonds. The van der Waals surface area contributed by atoms with Crippen molar-refractivity contribution in [2.24, 2.45) is 0 Å². The fraction of sp³-hybridized carbons (Fsp3) is 0.400. The normalized spacial score (nSPS) is 14.4. The van der Waals surface area contributed by atoms with Crippen molar-refractivity contribution in [2.75, 3.05) is 18.4 Å². The molecule has 7 nitrogen and oxygen atoms in total. The molecule has 2 aromatic carbocycles. The molecule has 2 aromatic rings. The van der Waals surface area contributed by atoms with E-state index < -0.39 is 5.54 Å². The topological polar surface area (TPSA) is 90.5 Å². The standard InChI is InChI=1S/C25H31ClN4O3/c1-3-30(4-2)22(31)20-13-12-19(16-21(20)26)28-23(32)25(14-8-9-15-25)29-24(33)27-17-18-10-6-5-7-11-18/h5-7,10-13,16H,3-4,8-9,14-15,17H2,1-2H3,(H,28,32)(H2,27,29,33). The van der Waals surface area contributed by atoms with Gasteiger partial charge < -0.3 is 20.9 Å². The third-order valence-corrected chi connectivity index (χ3v) is 6.36. The van der Waals surface area contributed by atoms with Crippen LogP contribution in [0.4, 0.5) is 10.5 Å². The zero-order valence-electron chi connectivity index (χ0n) is 19.1. The molecule has 8 heteroatoms. The largest absolute Gasteiger partial charge is 0.339 e. The maximum atomic E-state index is 13.2. The molecule has 1 fully saturated rings. The molecule has 1 aliphatic carbocycles. The van der Waals surface area contributed by atoms with E-state index in [0.717, 1.165) is 18.4 Å². The SMILES string of the molecule is CCN(CC)C(=O)c1ccc(NC(=O)C2(NC(=O)NCc3ccccc3)CCCC2)cc1Cl. The molecule has 0 radical (unpaired) electrons. The van der Waals surface area contributed by atoms with Crippen molar-refractivity contribution in [3.05, 3.63) is 64.7 Å². The second-order valence-electron chi connectivity index (χ2n) is 8.21. The summed E-state index contributed by atoms with van der Waals surface area (Å²) in [6.45, 7) is 5.37. The van der Waals surface area contributed by atoms with Gasteiger partial charge in [-0.1, -0.05) is 54.8 Å². The highest BCUT2D eigenvalue weighted by Gasteiger charge is 2.42. The maximum absolute atomic E-state index is 13.2. The first kappa shape index (κ1) is 24.6. The minimum Gasteiger partial charge on any atom is -0.339 e. The van der Waals surface area contributed by atoms with Crippen LogP contribution in [0.2, 0.25) is 5.02 Å². The third-order valence-electron chi connectivity index (χ3n) is 6.05. The number of anilines is 1. The predicted octanol–water partition coefficient (Wildman–Crippen LogP) is 4.57. The molecule has 0 saturated heterocycles. The number of hydrogen-bond acceptors (Lipinski definition) is 3. The van der Waals surface area contributed by atoms with Gasteiger partial charge >= 0.3 is 6.03 Å². The van der Waals surface area contributed by atoms with Crippen molar-refractivity contribution in [2.45, 2.75) is 51.6 Å². The highest BCUT2D eigenvalue weighted by Crippen LogP contribution is 2.32. The Bertz CT molecular complexity index is 986. The van der Waals surface area contributed by atoms with Crippen LogP contribution in [0, 0.1) is 0 Å². The molecule has 0 atom stereocenters. The van der Waals surface area contributed by atoms with E-state index in [2.05, 4.69) is 16.0 Å². The van der Waals surface area contributed by atoms with Gasteiger partial charge in [0.25, 0.3) is 5.91 Å². The fourth-order valence-corrected chi connectivity index (χ4v) is 4.39. The summed E-state index contributed by atoms with van der Waals surface area (Å²) >= 11 is 6.37. The summed E-state index contributed by atoms with van der Waals surface area (Å²) in [5.74, 6) is -0.430. The van der Waals surface area contributed by atoms with Crippen molar-refractivity contribution in [3.63, 3.8) is 0 Å². The number of hydrogen-bond donors (Lipinski definition) is 3. The van der Waals surface area contributed by atoms with Crippen molar-refractivity contribution < 1.29 is 14.4 Å². The molecule has 176 valence electrons. The number of nitrogens with one attached hydrogen (secondary N) is 3. The van der Waals surface area contributed by atoms with Crippen LogP contribution >= 0.6 is 11.6 Å². The summed E-state index contributed by atoms with van der Waals surface area (Å²) in [5.41, 5.74) is 0.876. The van der Waals surface area contributed by atoms with E-state index >= 15 is 0 Å². The van der Waals surface area contributed by atoms with Gasteiger partial charge in [0, 0.05) is 25.3 Å². The van der Waals surface area contributed by atoms with Crippen molar-refractivity contribution in [3.8, 4) is 0 Å². The Hall–Kier alpha value is -3.06. The highest BCUT2D eigenvalue weighted by atomic mass is 35.5. The van der Waals surface area contributed by atoms with Gasteiger partial charge in [0.05, 0.1) is 10.6 Å². The van der Waals surface area contributed by atoms with Crippen LogP contribution in [0.1, 0.15) is 55.5 Å². The number of amides is 4. The van der Waals surface area contributed by atoms with E-state index in [9.17, 15) is 14.4 Å². The Morgan fingerprint density at radius 3 is 2.27 bits per heavy atom. The molecule has 1 aliphatic rings. The quantitative estimate of drug-likeness (QED) is 0.527. The molecule has 0 aromatic heterocycles. The molecule has 0 heterocycles. The lowest BCUT2D eigenvalue weighted by atomic mass is 9.96. The van der Waals surface area contributed by atoms with Crippen LogP contribution in [0.3, 0.4) is 0 Å². The lowest BCUT2D eigenvalue weighted by Gasteiger charge is -2.29. The summed E-state index contributed by atoms with van der Waals surface area (Å²) in [6.07, 6.45) is 2.82. The van der Waals surface area contributed by atoms with Gasteiger partial charge in [-0.05, 0) is 50.5 Å². The monoisotopic (exact) mass is 470 g/mol. The summed E-state index contributed by atoms with van der Waals surface area (Å²) in [4.78, 5) is 40.1. The second kappa shape index (κ2) is 11.2. The Morgan fingerprint density at radius 1 is 1.00 bits per heavy atom. The Balaban J connectivity index is 1.66. The third kappa shape index (κ3) is 6.05. The predicted molar refractivity (Wildman–Crippen MR) is 130 cm³/mol. The summed E-state index contributed by atoms with van der Waals surface area (Å²) in [5, 5.41) is 8.88. The zero-order valence-corrected chi connectivity index (χ0v) is 19.9. The van der Waals surface area contributed by atoms with E-state index in [1.807, 2.05) is 44.2 Å². The first-order valence-corrected chi connectivity index (χ1v) is 11.8. The number of carbonyl (C=O) groups is 3. The van der Waals surface area contributed by atoms with Crippen LogP contribution in [0.25, 0.3) is 0 Å². The number of rotatable bonds is 8. The van der Waals surface area contributed by atoms with Gasteiger partial charge in [-0.2, -0.15) is 0 Å². The summed E-state index contributed by atoms with van der Waals surface area (Å²) in [6, 6.07) is 14.1. The smallest absolute Gasteiger partial charge is 0.315 e. The van der Waals surface area contributed by atoms with Gasteiger partial charge in [-0.25, -0.2) is 4.79 Å². The number of carbonyl (C=O) groups excluding carboxylic acids is 3. The van der Waals surface area contributed by atoms with Crippen molar-refractivity contribution in [1.29, 1.82) is 0 Å². The minimum absolute atomic E-state index is 0.146. The molecule has 33 heavy (non-hydrogen) atoms. The Labute approximate surface area is 199 Å². The van der Waals surface area contributed by atoms with Crippen LogP contribution in [-0.2, 0) is 11.3 Å². The second-order valence-corrected chi connectivity index (χ2v) is 8.62. The molecule has 3 rings (SSSR count). The van der Waals surface area contributed by atoms with Gasteiger partial charge in [-0.15, -0.1) is 0 Å². The fourth-order valence-electron chi connectivity index (χ4n) is 4.13. The van der Waals surface area contributed by atoms with Gasteiger partial charge in [0.15, 0.2) is 0 Å². The van der Waals surface area contributed by atoms with E-state index in [1.165, 1.54) is 0 Å². The number of benzene rings is 2. The number of nitrogens with zero attached hydrogens (tertiary/aromatic N) is 1. The minimum atomic E-state index is -0.983. The molecule has 0 aliphatic heterocycles. The first-order chi connectivity index (χ1) is 15.9. The molecule has 0 spiro atoms. The van der Waals surface area contributed by atoms with Crippen LogP contribution in [-0.4, -0.2) is 41.4 Å². The first-order valence-electron chi connectivity index (χ1n) is 11.4. The lowest BCUT2D eigenvalue weighted by molar-refractivity contribution is -0.121. The molecule has 3 N–H and O–H groups in total. The molecular formula is C25H31ClN4O3. The summed E-state index contributed by atoms with van der Waals surface area (Å²) < 4.78 is 0. The molecular weight excluding hydrogens is 440 g/mol. The molecule has 0 unspecified atom stereocenters. The van der Waals surface area contributed by atoms with E-state index in [-0.39, 0.29) is 22.9 Å². The Kier molecular flexibility index (Phi) is 8.33. The van der Waals surface area contributed by atoms with Gasteiger partial charge in [-0.3, -0.25) is 9.59 Å². The Morgan fingerprint density at radius 2 is 1.67 bits per heavy atom. The van der Waals surface area contributed by atoms with Crippen molar-refractivity contribution >= 4 is 35.1 Å². The number of halogens is 1. The average molecular weight is 471 g/mol. The van der Waals surface area contributed by atoms with Crippen LogP contribution < -0.4 is 16.0 Å². The van der Waals surface area contributed by atoms with Gasteiger partial charge in [0.1, 0.15) is 5.54 Å². The van der Waals surface area contributed by atoms with E-state index in [4.69, 9.17) is 11.6 Å². The maximum Gasteiger partial charge on any atom is 0.315 e. The van der Waals surface area contributed by atoms with E-state index in [1.54, 1.807) is 23.1 Å². The number of urea groups is 1. The van der Waals surface area contributed by atoms with E-state index in [0.29, 0.717) is 43.7 Å². The lowest BCUT2D eigenvalue weighted by Crippen LogP contribution is -2.57.